The van der Waals surface area contributed by atoms with Gasteiger partial charge in [0, 0.05) is 40.7 Å². The molecule has 0 radical (unpaired) electrons. The first-order valence-corrected chi connectivity index (χ1v) is 13.4. The molecule has 0 aromatic heterocycles. The number of likely N-dealkylation sites (tertiary alicyclic amines) is 1. The normalized spacial score (nSPS) is 17.2. The van der Waals surface area contributed by atoms with E-state index in [-0.39, 0.29) is 30.7 Å². The highest BCUT2D eigenvalue weighted by atomic mass is 31.2. The number of hydrogen-bond donors (Lipinski definition) is 4. The molecule has 3 amide bonds. The molecule has 1 aliphatic heterocycles. The topological polar surface area (TPSA) is 178 Å². The van der Waals surface area contributed by atoms with Gasteiger partial charge in [-0.1, -0.05) is 30.3 Å². The van der Waals surface area contributed by atoms with Crippen LogP contribution in [0.25, 0.3) is 0 Å². The van der Waals surface area contributed by atoms with Crippen LogP contribution in [0.5, 0.6) is 0 Å². The van der Waals surface area contributed by atoms with Crippen LogP contribution in [-0.2, 0) is 34.4 Å². The zero-order chi connectivity index (χ0) is 26.7. The van der Waals surface area contributed by atoms with Crippen molar-refractivity contribution in [2.24, 2.45) is 16.5 Å². The van der Waals surface area contributed by atoms with E-state index < -0.39 is 31.4 Å². The highest BCUT2D eigenvalue weighted by Gasteiger charge is 2.41. The molecule has 0 spiro atoms. The van der Waals surface area contributed by atoms with Gasteiger partial charge in [0.1, 0.15) is 17.9 Å². The number of hydrogen-bond acceptors (Lipinski definition) is 7. The summed E-state index contributed by atoms with van der Waals surface area (Å²) in [6, 6.07) is 7.71. The van der Waals surface area contributed by atoms with Gasteiger partial charge in [-0.25, -0.2) is 0 Å². The summed E-state index contributed by atoms with van der Waals surface area (Å²) in [5, 5.41) is 5.47. The van der Waals surface area contributed by atoms with Crippen LogP contribution in [0.1, 0.15) is 38.2 Å². The fraction of sp³-hybridized carbons (Fsp3) is 0.565. The third-order valence-electron chi connectivity index (χ3n) is 5.93. The van der Waals surface area contributed by atoms with E-state index in [1.807, 2.05) is 30.3 Å². The molecule has 1 saturated heterocycles. The summed E-state index contributed by atoms with van der Waals surface area (Å²) in [6.45, 7) is 1.98. The Labute approximate surface area is 211 Å². The lowest BCUT2D eigenvalue weighted by Crippen LogP contribution is -2.55. The molecular weight excluding hydrogens is 487 g/mol. The highest BCUT2D eigenvalue weighted by Crippen LogP contribution is 2.52. The maximum atomic E-state index is 13.5. The van der Waals surface area contributed by atoms with Gasteiger partial charge >= 0.3 is 7.60 Å². The lowest BCUT2D eigenvalue weighted by molar-refractivity contribution is -0.141. The molecule has 1 unspecified atom stereocenters. The minimum absolute atomic E-state index is 0.0680. The van der Waals surface area contributed by atoms with Gasteiger partial charge in [0.25, 0.3) is 0 Å². The number of benzene rings is 1. The number of nitrogens with two attached hydrogens (primary N) is 2. The fourth-order valence-electron chi connectivity index (χ4n) is 4.19. The minimum atomic E-state index is -3.68. The van der Waals surface area contributed by atoms with Crippen LogP contribution in [0.15, 0.2) is 35.3 Å². The first kappa shape index (κ1) is 29.3. The number of amides is 3. The zero-order valence-corrected chi connectivity index (χ0v) is 21.9. The van der Waals surface area contributed by atoms with Crippen LogP contribution in [-0.4, -0.2) is 73.8 Å². The van der Waals surface area contributed by atoms with Gasteiger partial charge in [0.2, 0.25) is 17.7 Å². The molecule has 12 nitrogen and oxygen atoms in total. The zero-order valence-electron chi connectivity index (χ0n) is 21.0. The molecule has 1 fully saturated rings. The second-order valence-electron chi connectivity index (χ2n) is 8.51. The Hall–Kier alpha value is -2.95. The van der Waals surface area contributed by atoms with Gasteiger partial charge in [-0.15, -0.1) is 0 Å². The standard InChI is InChI=1S/C23H37N6O6P/c1-16(30)27-18(15-17-9-5-4-6-10-17)22(32)29-14-8-11-19(29)21(31)28-20(36(33,34-2)35-3)12-7-13-26-23(24)25/h4-6,9-10,18-20H,7-8,11-15H2,1-3H3,(H,27,30)(H,28,31)(H4,24,25,26)/t18-,19+,20?/m1/s1. The van der Waals surface area contributed by atoms with E-state index in [1.54, 1.807) is 0 Å². The molecule has 200 valence electrons. The van der Waals surface area contributed by atoms with Crippen LogP contribution >= 0.6 is 7.60 Å². The van der Waals surface area contributed by atoms with Crippen molar-refractivity contribution in [2.45, 2.75) is 56.9 Å². The van der Waals surface area contributed by atoms with Gasteiger partial charge in [0.15, 0.2) is 5.96 Å². The van der Waals surface area contributed by atoms with Crippen molar-refractivity contribution in [1.82, 2.24) is 15.5 Å². The second kappa shape index (κ2) is 14.0. The molecule has 1 aromatic carbocycles. The Bertz CT molecular complexity index is 963. The van der Waals surface area contributed by atoms with E-state index in [2.05, 4.69) is 15.6 Å². The average molecular weight is 525 g/mol. The molecule has 1 heterocycles. The third kappa shape index (κ3) is 8.32. The number of guanidine groups is 1. The van der Waals surface area contributed by atoms with E-state index >= 15 is 0 Å². The lowest BCUT2D eigenvalue weighted by atomic mass is 10.0. The van der Waals surface area contributed by atoms with Crippen molar-refractivity contribution >= 4 is 31.3 Å². The van der Waals surface area contributed by atoms with Gasteiger partial charge < -0.3 is 36.0 Å². The number of nitrogens with one attached hydrogen (secondary N) is 2. The van der Waals surface area contributed by atoms with E-state index in [0.29, 0.717) is 32.2 Å². The van der Waals surface area contributed by atoms with Crippen LogP contribution in [0.2, 0.25) is 0 Å². The van der Waals surface area contributed by atoms with E-state index in [0.717, 1.165) is 5.56 Å². The molecular formula is C23H37N6O6P. The number of carbonyl (C=O) groups is 3. The van der Waals surface area contributed by atoms with E-state index in [1.165, 1.54) is 26.0 Å². The predicted octanol–water partition coefficient (Wildman–Crippen LogP) is 0.707. The van der Waals surface area contributed by atoms with Gasteiger partial charge in [-0.2, -0.15) is 0 Å². The minimum Gasteiger partial charge on any atom is -0.370 e. The van der Waals surface area contributed by atoms with Gasteiger partial charge in [-0.3, -0.25) is 23.9 Å². The third-order valence-corrected chi connectivity index (χ3v) is 8.10. The summed E-state index contributed by atoms with van der Waals surface area (Å²) in [7, 11) is -1.19. The SMILES string of the molecule is COP(=O)(OC)C(CCCN=C(N)N)NC(=O)[C@@H]1CCCN1C(=O)[C@@H](Cc1ccccc1)NC(C)=O. The van der Waals surface area contributed by atoms with Crippen LogP contribution < -0.4 is 22.1 Å². The Kier molecular flexibility index (Phi) is 11.4. The molecule has 0 saturated carbocycles. The molecule has 36 heavy (non-hydrogen) atoms. The quantitative estimate of drug-likeness (QED) is 0.126. The highest BCUT2D eigenvalue weighted by molar-refractivity contribution is 7.54. The molecule has 1 aliphatic rings. The summed E-state index contributed by atoms with van der Waals surface area (Å²) in [5.41, 5.74) is 11.6. The van der Waals surface area contributed by atoms with Crippen molar-refractivity contribution in [3.8, 4) is 0 Å². The van der Waals surface area contributed by atoms with Crippen LogP contribution in [0.3, 0.4) is 0 Å². The smallest absolute Gasteiger partial charge is 0.352 e. The number of rotatable bonds is 13. The predicted molar refractivity (Wildman–Crippen MR) is 136 cm³/mol. The van der Waals surface area contributed by atoms with Gasteiger partial charge in [0.05, 0.1) is 0 Å². The van der Waals surface area contributed by atoms with Crippen molar-refractivity contribution in [2.75, 3.05) is 27.3 Å². The monoisotopic (exact) mass is 524 g/mol. The van der Waals surface area contributed by atoms with Crippen LogP contribution in [0, 0.1) is 0 Å². The molecule has 1 aromatic rings. The Morgan fingerprint density at radius 1 is 1.17 bits per heavy atom. The van der Waals surface area contributed by atoms with E-state index in [9.17, 15) is 18.9 Å². The number of nitrogens with zero attached hydrogens (tertiary/aromatic N) is 2. The van der Waals surface area contributed by atoms with Crippen molar-refractivity contribution in [1.29, 1.82) is 0 Å². The first-order chi connectivity index (χ1) is 17.1. The average Bonchev–Trinajstić information content (AvgIpc) is 3.35. The molecule has 3 atom stereocenters. The molecule has 0 bridgehead atoms. The second-order valence-corrected chi connectivity index (χ2v) is 10.9. The van der Waals surface area contributed by atoms with Crippen molar-refractivity contribution in [3.63, 3.8) is 0 Å². The number of aliphatic imine (C=N–C) groups is 1. The van der Waals surface area contributed by atoms with E-state index in [4.69, 9.17) is 20.5 Å². The summed E-state index contributed by atoms with van der Waals surface area (Å²) in [5.74, 6) is -2.18. The molecule has 2 rings (SSSR count). The maximum absolute atomic E-state index is 13.5. The van der Waals surface area contributed by atoms with Crippen molar-refractivity contribution in [3.05, 3.63) is 35.9 Å². The number of carbonyl (C=O) groups excluding carboxylic acids is 3. The fourth-order valence-corrected chi connectivity index (χ4v) is 5.63. The molecule has 0 aliphatic carbocycles. The summed E-state index contributed by atoms with van der Waals surface area (Å²) < 4.78 is 23.3. The van der Waals surface area contributed by atoms with Crippen molar-refractivity contribution < 1.29 is 28.0 Å². The maximum Gasteiger partial charge on any atom is 0.352 e. The summed E-state index contributed by atoms with van der Waals surface area (Å²) >= 11 is 0. The Morgan fingerprint density at radius 3 is 2.42 bits per heavy atom. The van der Waals surface area contributed by atoms with Gasteiger partial charge in [-0.05, 0) is 31.2 Å². The Morgan fingerprint density at radius 2 is 1.83 bits per heavy atom. The summed E-state index contributed by atoms with van der Waals surface area (Å²) in [4.78, 5) is 44.0. The van der Waals surface area contributed by atoms with Crippen LogP contribution in [0.4, 0.5) is 0 Å². The summed E-state index contributed by atoms with van der Waals surface area (Å²) in [6.07, 6.45) is 1.98. The molecule has 6 N–H and O–H groups in total. The molecule has 13 heteroatoms. The Balaban J connectivity index is 2.17. The largest absolute Gasteiger partial charge is 0.370 e. The lowest BCUT2D eigenvalue weighted by Gasteiger charge is -2.31. The first-order valence-electron chi connectivity index (χ1n) is 11.8.